The average Bonchev–Trinajstić information content (AvgIpc) is 2.97. The van der Waals surface area contributed by atoms with Crippen LogP contribution in [-0.2, 0) is 0 Å². The Morgan fingerprint density at radius 2 is 1.76 bits per heavy atom. The van der Waals surface area contributed by atoms with Crippen molar-refractivity contribution in [1.82, 2.24) is 9.97 Å². The molecule has 1 aromatic heterocycles. The van der Waals surface area contributed by atoms with Gasteiger partial charge >= 0.3 is 0 Å². The number of hydrogen-bond donors (Lipinski definition) is 2. The van der Waals surface area contributed by atoms with Gasteiger partial charge in [0.05, 0.1) is 5.69 Å². The van der Waals surface area contributed by atoms with Crippen molar-refractivity contribution in [2.75, 3.05) is 0 Å². The van der Waals surface area contributed by atoms with Gasteiger partial charge in [0.15, 0.2) is 0 Å². The lowest BCUT2D eigenvalue weighted by Gasteiger charge is -2.11. The molecule has 1 aliphatic carbocycles. The summed E-state index contributed by atoms with van der Waals surface area (Å²) in [6.07, 6.45) is 4.66. The summed E-state index contributed by atoms with van der Waals surface area (Å²) in [4.78, 5) is 19.4. The van der Waals surface area contributed by atoms with E-state index in [1.807, 2.05) is 26.0 Å². The molecule has 0 amide bonds. The number of aryl methyl sites for hydroxylation is 2. The molecule has 0 unspecified atom stereocenters. The molecule has 0 atom stereocenters. The van der Waals surface area contributed by atoms with E-state index in [-0.39, 0.29) is 5.56 Å². The molecule has 1 aromatic carbocycles. The SMILES string of the molecule is Cc1cc(-c2nc(C3CCCC3)cc(=O)[nH]2)cc(C)c1O. The molecule has 4 nitrogen and oxygen atoms in total. The van der Waals surface area contributed by atoms with Gasteiger partial charge in [0.25, 0.3) is 5.56 Å². The van der Waals surface area contributed by atoms with Gasteiger partial charge in [0.1, 0.15) is 11.6 Å². The molecule has 1 aliphatic rings. The van der Waals surface area contributed by atoms with Crippen molar-refractivity contribution in [3.05, 3.63) is 45.4 Å². The Labute approximate surface area is 123 Å². The molecule has 0 bridgehead atoms. The number of aromatic nitrogens is 2. The molecule has 1 heterocycles. The summed E-state index contributed by atoms with van der Waals surface area (Å²) in [5, 5.41) is 9.87. The molecule has 1 saturated carbocycles. The van der Waals surface area contributed by atoms with Crippen molar-refractivity contribution in [3.63, 3.8) is 0 Å². The Bertz CT molecular complexity index is 705. The van der Waals surface area contributed by atoms with Crippen LogP contribution in [0.5, 0.6) is 5.75 Å². The van der Waals surface area contributed by atoms with Gasteiger partial charge in [0.2, 0.25) is 0 Å². The maximum atomic E-state index is 11.9. The van der Waals surface area contributed by atoms with Crippen LogP contribution in [0, 0.1) is 13.8 Å². The van der Waals surface area contributed by atoms with Crippen LogP contribution in [0.3, 0.4) is 0 Å². The van der Waals surface area contributed by atoms with Crippen molar-refractivity contribution >= 4 is 0 Å². The fourth-order valence-electron chi connectivity index (χ4n) is 3.14. The second kappa shape index (κ2) is 5.35. The predicted octanol–water partition coefficient (Wildman–Crippen LogP) is 3.42. The first-order valence-electron chi connectivity index (χ1n) is 7.46. The molecule has 4 heteroatoms. The zero-order chi connectivity index (χ0) is 15.0. The summed E-state index contributed by atoms with van der Waals surface area (Å²) in [5.41, 5.74) is 3.22. The van der Waals surface area contributed by atoms with E-state index in [2.05, 4.69) is 9.97 Å². The number of H-pyrrole nitrogens is 1. The number of aromatic amines is 1. The number of aromatic hydroxyl groups is 1. The first-order chi connectivity index (χ1) is 10.0. The second-order valence-corrected chi connectivity index (χ2v) is 5.96. The molecule has 0 radical (unpaired) electrons. The standard InChI is InChI=1S/C17H20N2O2/c1-10-7-13(8-11(2)16(10)21)17-18-14(9-15(20)19-17)12-5-3-4-6-12/h7-9,12,21H,3-6H2,1-2H3,(H,18,19,20). The van der Waals surface area contributed by atoms with Gasteiger partial charge in [0, 0.05) is 17.5 Å². The third-order valence-electron chi connectivity index (χ3n) is 4.30. The van der Waals surface area contributed by atoms with Crippen LogP contribution in [0.25, 0.3) is 11.4 Å². The topological polar surface area (TPSA) is 66.0 Å². The van der Waals surface area contributed by atoms with Crippen molar-refractivity contribution in [1.29, 1.82) is 0 Å². The van der Waals surface area contributed by atoms with E-state index in [0.717, 1.165) is 35.2 Å². The van der Waals surface area contributed by atoms with E-state index in [4.69, 9.17) is 0 Å². The number of phenolic OH excluding ortho intramolecular Hbond substituents is 1. The predicted molar refractivity (Wildman–Crippen MR) is 82.6 cm³/mol. The third kappa shape index (κ3) is 2.71. The second-order valence-electron chi connectivity index (χ2n) is 5.96. The Morgan fingerprint density at radius 3 is 2.38 bits per heavy atom. The van der Waals surface area contributed by atoms with Crippen molar-refractivity contribution in [3.8, 4) is 17.1 Å². The van der Waals surface area contributed by atoms with Crippen LogP contribution in [0.15, 0.2) is 23.0 Å². The first kappa shape index (κ1) is 13.9. The number of phenols is 1. The maximum Gasteiger partial charge on any atom is 0.251 e. The van der Waals surface area contributed by atoms with Gasteiger partial charge in [-0.15, -0.1) is 0 Å². The number of hydrogen-bond acceptors (Lipinski definition) is 3. The van der Waals surface area contributed by atoms with E-state index < -0.39 is 0 Å². The van der Waals surface area contributed by atoms with Crippen LogP contribution < -0.4 is 5.56 Å². The molecule has 0 saturated heterocycles. The Kier molecular flexibility index (Phi) is 3.53. The molecule has 110 valence electrons. The molecule has 0 spiro atoms. The van der Waals surface area contributed by atoms with Crippen LogP contribution in [0.4, 0.5) is 0 Å². The van der Waals surface area contributed by atoms with E-state index >= 15 is 0 Å². The number of benzene rings is 1. The van der Waals surface area contributed by atoms with Crippen LogP contribution in [-0.4, -0.2) is 15.1 Å². The van der Waals surface area contributed by atoms with E-state index in [0.29, 0.717) is 17.5 Å². The van der Waals surface area contributed by atoms with Crippen molar-refractivity contribution in [2.24, 2.45) is 0 Å². The highest BCUT2D eigenvalue weighted by Gasteiger charge is 2.20. The molecule has 3 rings (SSSR count). The van der Waals surface area contributed by atoms with Gasteiger partial charge < -0.3 is 10.1 Å². The summed E-state index contributed by atoms with van der Waals surface area (Å²) < 4.78 is 0. The number of nitrogens with zero attached hydrogens (tertiary/aromatic N) is 1. The molecular weight excluding hydrogens is 264 g/mol. The molecule has 2 aromatic rings. The highest BCUT2D eigenvalue weighted by molar-refractivity contribution is 5.61. The minimum atomic E-state index is -0.106. The smallest absolute Gasteiger partial charge is 0.251 e. The third-order valence-corrected chi connectivity index (χ3v) is 4.30. The van der Waals surface area contributed by atoms with Crippen LogP contribution >= 0.6 is 0 Å². The van der Waals surface area contributed by atoms with Crippen LogP contribution in [0.2, 0.25) is 0 Å². The monoisotopic (exact) mass is 284 g/mol. The van der Waals surface area contributed by atoms with Gasteiger partial charge in [-0.05, 0) is 49.9 Å². The van der Waals surface area contributed by atoms with Crippen molar-refractivity contribution in [2.45, 2.75) is 45.4 Å². The summed E-state index contributed by atoms with van der Waals surface area (Å²) in [6, 6.07) is 5.34. The highest BCUT2D eigenvalue weighted by atomic mass is 16.3. The molecule has 0 aliphatic heterocycles. The first-order valence-corrected chi connectivity index (χ1v) is 7.46. The fraction of sp³-hybridized carbons (Fsp3) is 0.412. The summed E-state index contributed by atoms with van der Waals surface area (Å²) in [7, 11) is 0. The van der Waals surface area contributed by atoms with E-state index in [1.54, 1.807) is 6.07 Å². The highest BCUT2D eigenvalue weighted by Crippen LogP contribution is 2.33. The number of rotatable bonds is 2. The largest absolute Gasteiger partial charge is 0.507 e. The summed E-state index contributed by atoms with van der Waals surface area (Å²) >= 11 is 0. The van der Waals surface area contributed by atoms with Gasteiger partial charge in [-0.3, -0.25) is 4.79 Å². The lowest BCUT2D eigenvalue weighted by atomic mass is 10.0. The molecule has 21 heavy (non-hydrogen) atoms. The molecule has 2 N–H and O–H groups in total. The lowest BCUT2D eigenvalue weighted by molar-refractivity contribution is 0.467. The fourth-order valence-corrected chi connectivity index (χ4v) is 3.14. The Morgan fingerprint density at radius 1 is 1.14 bits per heavy atom. The van der Waals surface area contributed by atoms with E-state index in [9.17, 15) is 9.90 Å². The van der Waals surface area contributed by atoms with Crippen LogP contribution in [0.1, 0.15) is 48.4 Å². The van der Waals surface area contributed by atoms with Gasteiger partial charge in [-0.1, -0.05) is 12.8 Å². The quantitative estimate of drug-likeness (QED) is 0.888. The maximum absolute atomic E-state index is 11.9. The summed E-state index contributed by atoms with van der Waals surface area (Å²) in [5.74, 6) is 1.30. The normalized spacial score (nSPS) is 15.5. The minimum absolute atomic E-state index is 0.106. The summed E-state index contributed by atoms with van der Waals surface area (Å²) in [6.45, 7) is 3.70. The zero-order valence-corrected chi connectivity index (χ0v) is 12.4. The average molecular weight is 284 g/mol. The molecule has 1 fully saturated rings. The zero-order valence-electron chi connectivity index (χ0n) is 12.4. The Balaban J connectivity index is 2.08. The number of nitrogens with one attached hydrogen (secondary N) is 1. The minimum Gasteiger partial charge on any atom is -0.507 e. The van der Waals surface area contributed by atoms with Gasteiger partial charge in [-0.2, -0.15) is 0 Å². The Hall–Kier alpha value is -2.10. The van der Waals surface area contributed by atoms with E-state index in [1.165, 1.54) is 12.8 Å². The molecular formula is C17H20N2O2. The lowest BCUT2D eigenvalue weighted by Crippen LogP contribution is -2.12. The van der Waals surface area contributed by atoms with Gasteiger partial charge in [-0.25, -0.2) is 4.98 Å². The van der Waals surface area contributed by atoms with Crippen molar-refractivity contribution < 1.29 is 5.11 Å².